The predicted octanol–water partition coefficient (Wildman–Crippen LogP) is 2.08. The summed E-state index contributed by atoms with van der Waals surface area (Å²) in [7, 11) is 0. The fourth-order valence-corrected chi connectivity index (χ4v) is 1.88. The van der Waals surface area contributed by atoms with Crippen LogP contribution in [0.3, 0.4) is 0 Å². The van der Waals surface area contributed by atoms with Crippen molar-refractivity contribution in [3.63, 3.8) is 0 Å². The monoisotopic (exact) mass is 298 g/mol. The summed E-state index contributed by atoms with van der Waals surface area (Å²) in [4.78, 5) is 22.8. The van der Waals surface area contributed by atoms with Crippen LogP contribution >= 0.6 is 0 Å². The number of nitrogens with zero attached hydrogens (tertiary/aromatic N) is 1. The smallest absolute Gasteiger partial charge is 0.333 e. The second kappa shape index (κ2) is 9.34. The van der Waals surface area contributed by atoms with Crippen molar-refractivity contribution in [3.05, 3.63) is 24.3 Å². The maximum Gasteiger partial charge on any atom is 0.333 e. The van der Waals surface area contributed by atoms with Gasteiger partial charge in [-0.25, -0.2) is 9.59 Å². The van der Waals surface area contributed by atoms with Crippen LogP contribution in [0.15, 0.2) is 24.3 Å². The zero-order valence-corrected chi connectivity index (χ0v) is 13.7. The predicted molar refractivity (Wildman–Crippen MR) is 82.6 cm³/mol. The molecular weight excluding hydrogens is 270 g/mol. The van der Waals surface area contributed by atoms with Crippen LogP contribution in [0.1, 0.15) is 27.7 Å². The molecule has 0 aromatic heterocycles. The fourth-order valence-electron chi connectivity index (χ4n) is 1.88. The molecule has 0 N–H and O–H groups in total. The number of esters is 2. The first-order valence-corrected chi connectivity index (χ1v) is 7.28. The van der Waals surface area contributed by atoms with E-state index in [4.69, 9.17) is 9.47 Å². The molecule has 0 aliphatic heterocycles. The standard InChI is InChI=1S/C16H28NO4/c1-7-17(8-2,9-11-20-15(18)13(3)4)10-12-21-16(19)14(5)6/h3,5,7-12H2,1-2,4,6H3/q+1. The highest BCUT2D eigenvalue weighted by Crippen LogP contribution is 2.07. The van der Waals surface area contributed by atoms with Crippen LogP contribution in [0, 0.1) is 0 Å². The van der Waals surface area contributed by atoms with Gasteiger partial charge in [0.05, 0.1) is 13.1 Å². The van der Waals surface area contributed by atoms with Crippen LogP contribution in [0.4, 0.5) is 0 Å². The average molecular weight is 298 g/mol. The van der Waals surface area contributed by atoms with Crippen molar-refractivity contribution in [2.24, 2.45) is 0 Å². The lowest BCUT2D eigenvalue weighted by Crippen LogP contribution is -2.52. The molecule has 21 heavy (non-hydrogen) atoms. The van der Waals surface area contributed by atoms with E-state index < -0.39 is 0 Å². The largest absolute Gasteiger partial charge is 0.456 e. The molecule has 0 atom stereocenters. The molecule has 0 fully saturated rings. The van der Waals surface area contributed by atoms with Gasteiger partial charge in [0.25, 0.3) is 0 Å². The van der Waals surface area contributed by atoms with E-state index in [0.29, 0.717) is 37.4 Å². The van der Waals surface area contributed by atoms with E-state index in [0.717, 1.165) is 17.6 Å². The van der Waals surface area contributed by atoms with E-state index in [1.54, 1.807) is 13.8 Å². The van der Waals surface area contributed by atoms with Gasteiger partial charge in [-0.3, -0.25) is 0 Å². The lowest BCUT2D eigenvalue weighted by Gasteiger charge is -2.36. The summed E-state index contributed by atoms with van der Waals surface area (Å²) in [6.07, 6.45) is 0. The number of carbonyl (C=O) groups is 2. The number of hydrogen-bond acceptors (Lipinski definition) is 4. The summed E-state index contributed by atoms with van der Waals surface area (Å²) >= 11 is 0. The summed E-state index contributed by atoms with van der Waals surface area (Å²) in [5.41, 5.74) is 0.799. The number of rotatable bonds is 10. The third-order valence-corrected chi connectivity index (χ3v) is 3.64. The van der Waals surface area contributed by atoms with Crippen LogP contribution in [0.5, 0.6) is 0 Å². The number of ether oxygens (including phenoxy) is 2. The summed E-state index contributed by atoms with van der Waals surface area (Å²) in [6.45, 7) is 18.3. The van der Waals surface area contributed by atoms with Crippen molar-refractivity contribution < 1.29 is 23.5 Å². The van der Waals surface area contributed by atoms with E-state index in [9.17, 15) is 9.59 Å². The SMILES string of the molecule is C=C(C)C(=O)OCC[N+](CC)(CC)CCOC(=O)C(=C)C. The van der Waals surface area contributed by atoms with E-state index >= 15 is 0 Å². The van der Waals surface area contributed by atoms with Gasteiger partial charge in [-0.05, 0) is 27.7 Å². The molecular formula is C16H28NO4+. The molecule has 120 valence electrons. The molecule has 5 heteroatoms. The molecule has 0 saturated heterocycles. The second-order valence-corrected chi connectivity index (χ2v) is 5.25. The Morgan fingerprint density at radius 2 is 1.19 bits per heavy atom. The summed E-state index contributed by atoms with van der Waals surface area (Å²) in [5, 5.41) is 0. The minimum atomic E-state index is -0.367. The molecule has 0 bridgehead atoms. The van der Waals surface area contributed by atoms with Gasteiger partial charge in [0.15, 0.2) is 0 Å². The third-order valence-electron chi connectivity index (χ3n) is 3.64. The molecule has 0 radical (unpaired) electrons. The van der Waals surface area contributed by atoms with Gasteiger partial charge in [0.1, 0.15) is 26.3 Å². The van der Waals surface area contributed by atoms with Crippen molar-refractivity contribution in [1.82, 2.24) is 0 Å². The summed E-state index contributed by atoms with van der Waals surface area (Å²) in [5.74, 6) is -0.733. The number of quaternary nitrogens is 1. The van der Waals surface area contributed by atoms with Crippen LogP contribution in [0.2, 0.25) is 0 Å². The van der Waals surface area contributed by atoms with E-state index in [2.05, 4.69) is 27.0 Å². The quantitative estimate of drug-likeness (QED) is 0.352. The normalized spacial score (nSPS) is 10.9. The molecule has 0 aliphatic rings. The lowest BCUT2D eigenvalue weighted by atomic mass is 10.3. The van der Waals surface area contributed by atoms with Gasteiger partial charge in [0.2, 0.25) is 0 Å². The van der Waals surface area contributed by atoms with Crippen LogP contribution < -0.4 is 0 Å². The first-order valence-electron chi connectivity index (χ1n) is 7.28. The Morgan fingerprint density at radius 1 is 0.857 bits per heavy atom. The number of hydrogen-bond donors (Lipinski definition) is 0. The lowest BCUT2D eigenvalue weighted by molar-refractivity contribution is -0.925. The zero-order chi connectivity index (χ0) is 16.5. The van der Waals surface area contributed by atoms with E-state index in [-0.39, 0.29) is 11.9 Å². The Bertz CT molecular complexity index is 363. The molecule has 0 rings (SSSR count). The van der Waals surface area contributed by atoms with Gasteiger partial charge in [-0.15, -0.1) is 0 Å². The second-order valence-electron chi connectivity index (χ2n) is 5.25. The topological polar surface area (TPSA) is 52.6 Å². The van der Waals surface area contributed by atoms with E-state index in [1.807, 2.05) is 0 Å². The average Bonchev–Trinajstić information content (AvgIpc) is 2.45. The van der Waals surface area contributed by atoms with Gasteiger partial charge in [0, 0.05) is 11.1 Å². The van der Waals surface area contributed by atoms with Crippen molar-refractivity contribution in [1.29, 1.82) is 0 Å². The highest BCUT2D eigenvalue weighted by atomic mass is 16.5. The molecule has 0 aromatic carbocycles. The van der Waals surface area contributed by atoms with Crippen LogP contribution in [-0.2, 0) is 19.1 Å². The Balaban J connectivity index is 4.35. The van der Waals surface area contributed by atoms with Gasteiger partial charge >= 0.3 is 11.9 Å². The Morgan fingerprint density at radius 3 is 1.43 bits per heavy atom. The van der Waals surface area contributed by atoms with E-state index in [1.165, 1.54) is 0 Å². The summed E-state index contributed by atoms with van der Waals surface area (Å²) in [6, 6.07) is 0. The molecule has 0 heterocycles. The van der Waals surface area contributed by atoms with Crippen molar-refractivity contribution in [2.45, 2.75) is 27.7 Å². The molecule has 0 spiro atoms. The molecule has 0 saturated carbocycles. The maximum atomic E-state index is 11.4. The number of likely N-dealkylation sites (N-methyl/N-ethyl adjacent to an activating group) is 1. The first-order chi connectivity index (χ1) is 9.78. The van der Waals surface area contributed by atoms with Crippen LogP contribution in [-0.4, -0.2) is 55.8 Å². The van der Waals surface area contributed by atoms with Gasteiger partial charge in [-0.2, -0.15) is 0 Å². The van der Waals surface area contributed by atoms with Crippen molar-refractivity contribution >= 4 is 11.9 Å². The Labute approximate surface area is 127 Å². The van der Waals surface area contributed by atoms with Gasteiger partial charge in [-0.1, -0.05) is 13.2 Å². The molecule has 0 aliphatic carbocycles. The first kappa shape index (κ1) is 19.4. The highest BCUT2D eigenvalue weighted by molar-refractivity contribution is 5.87. The van der Waals surface area contributed by atoms with Crippen molar-refractivity contribution in [2.75, 3.05) is 39.4 Å². The minimum absolute atomic E-state index is 0.335. The molecule has 0 aromatic rings. The zero-order valence-electron chi connectivity index (χ0n) is 13.7. The molecule has 5 nitrogen and oxygen atoms in total. The molecule has 0 amide bonds. The third kappa shape index (κ3) is 7.09. The number of carbonyl (C=O) groups excluding carboxylic acids is 2. The van der Waals surface area contributed by atoms with Gasteiger partial charge < -0.3 is 14.0 Å². The maximum absolute atomic E-state index is 11.4. The Kier molecular flexibility index (Phi) is 8.62. The summed E-state index contributed by atoms with van der Waals surface area (Å²) < 4.78 is 11.0. The van der Waals surface area contributed by atoms with Crippen molar-refractivity contribution in [3.8, 4) is 0 Å². The highest BCUT2D eigenvalue weighted by Gasteiger charge is 2.24. The fraction of sp³-hybridized carbons (Fsp3) is 0.625. The minimum Gasteiger partial charge on any atom is -0.456 e. The molecule has 0 unspecified atom stereocenters. The Hall–Kier alpha value is -1.62. The van der Waals surface area contributed by atoms with Crippen LogP contribution in [0.25, 0.3) is 0 Å².